The molecule has 0 fully saturated rings. The Morgan fingerprint density at radius 3 is 2.18 bits per heavy atom. The van der Waals surface area contributed by atoms with Crippen LogP contribution in [0.25, 0.3) is 5.69 Å². The number of hydrogen-bond donors (Lipinski definition) is 2. The van der Waals surface area contributed by atoms with Crippen LogP contribution >= 0.6 is 23.2 Å². The minimum Gasteiger partial charge on any atom is -0.345 e. The maximum atomic E-state index is 12.6. The Bertz CT molecular complexity index is 1220. The largest absolute Gasteiger partial charge is 0.345 e. The number of aromatic nitrogens is 3. The van der Waals surface area contributed by atoms with E-state index in [-0.39, 0.29) is 27.7 Å². The highest BCUT2D eigenvalue weighted by Gasteiger charge is 2.41. The third-order valence-corrected chi connectivity index (χ3v) is 5.71. The van der Waals surface area contributed by atoms with Crippen LogP contribution in [0.3, 0.4) is 0 Å². The monoisotopic (exact) mass is 486 g/mol. The van der Waals surface area contributed by atoms with Gasteiger partial charge in [0.1, 0.15) is 18.7 Å². The van der Waals surface area contributed by atoms with Gasteiger partial charge in [-0.2, -0.15) is 5.10 Å². The number of carbonyl (C=O) groups excluding carboxylic acids is 4. The molecule has 0 bridgehead atoms. The van der Waals surface area contributed by atoms with Crippen molar-refractivity contribution in [3.63, 3.8) is 0 Å². The van der Waals surface area contributed by atoms with E-state index in [0.29, 0.717) is 5.69 Å². The number of carbonyl (C=O) groups is 4. The fraction of sp³-hybridized carbons (Fsp3) is 0.143. The van der Waals surface area contributed by atoms with E-state index in [1.165, 1.54) is 25.4 Å². The normalized spacial score (nSPS) is 13.6. The van der Waals surface area contributed by atoms with E-state index in [9.17, 15) is 19.2 Å². The standard InChI is InChI=1S/C21H16Cl2N6O4/c1-11(29-20(32)14-6-16(22)17(23)7-15(14)21(29)33)19(31)25-8-18(30)27-12-2-4-13(5-3-12)28-10-24-9-26-28/h2-7,9-11H,8H2,1H3,(H,25,31)(H,27,30). The van der Waals surface area contributed by atoms with Gasteiger partial charge in [0.05, 0.1) is 33.4 Å². The van der Waals surface area contributed by atoms with Crippen molar-refractivity contribution in [2.24, 2.45) is 0 Å². The molecule has 1 aliphatic rings. The number of amides is 4. The van der Waals surface area contributed by atoms with E-state index in [4.69, 9.17) is 23.2 Å². The Labute approximate surface area is 197 Å². The van der Waals surface area contributed by atoms with Crippen LogP contribution in [0, 0.1) is 0 Å². The molecule has 1 aliphatic heterocycles. The summed E-state index contributed by atoms with van der Waals surface area (Å²) in [5.74, 6) is -2.47. The van der Waals surface area contributed by atoms with Gasteiger partial charge in [0.25, 0.3) is 11.8 Å². The van der Waals surface area contributed by atoms with Crippen LogP contribution in [-0.2, 0) is 9.59 Å². The molecule has 0 saturated carbocycles. The zero-order valence-electron chi connectivity index (χ0n) is 17.1. The van der Waals surface area contributed by atoms with Crippen molar-refractivity contribution in [3.05, 3.63) is 70.2 Å². The highest BCUT2D eigenvalue weighted by atomic mass is 35.5. The molecule has 12 heteroatoms. The average Bonchev–Trinajstić information content (AvgIpc) is 3.41. The lowest BCUT2D eigenvalue weighted by Gasteiger charge is -2.21. The van der Waals surface area contributed by atoms with Crippen molar-refractivity contribution in [2.75, 3.05) is 11.9 Å². The number of nitrogens with one attached hydrogen (secondary N) is 2. The molecule has 0 aliphatic carbocycles. The van der Waals surface area contributed by atoms with Crippen LogP contribution < -0.4 is 10.6 Å². The molecule has 2 N–H and O–H groups in total. The summed E-state index contributed by atoms with van der Waals surface area (Å²) in [6.45, 7) is 1.04. The Morgan fingerprint density at radius 2 is 1.64 bits per heavy atom. The molecular weight excluding hydrogens is 471 g/mol. The maximum Gasteiger partial charge on any atom is 0.262 e. The average molecular weight is 487 g/mol. The highest BCUT2D eigenvalue weighted by molar-refractivity contribution is 6.43. The second-order valence-corrected chi connectivity index (χ2v) is 7.94. The first-order valence-electron chi connectivity index (χ1n) is 9.66. The van der Waals surface area contributed by atoms with E-state index in [1.54, 1.807) is 35.3 Å². The number of halogens is 2. The summed E-state index contributed by atoms with van der Waals surface area (Å²) >= 11 is 11.9. The summed E-state index contributed by atoms with van der Waals surface area (Å²) in [4.78, 5) is 54.7. The summed E-state index contributed by atoms with van der Waals surface area (Å²) in [5.41, 5.74) is 1.42. The van der Waals surface area contributed by atoms with E-state index in [1.807, 2.05) is 0 Å². The van der Waals surface area contributed by atoms with Gasteiger partial charge < -0.3 is 10.6 Å². The van der Waals surface area contributed by atoms with Crippen LogP contribution in [0.15, 0.2) is 49.1 Å². The van der Waals surface area contributed by atoms with Gasteiger partial charge in [0, 0.05) is 5.69 Å². The predicted molar refractivity (Wildman–Crippen MR) is 119 cm³/mol. The van der Waals surface area contributed by atoms with Crippen molar-refractivity contribution in [1.82, 2.24) is 25.0 Å². The summed E-state index contributed by atoms with van der Waals surface area (Å²) < 4.78 is 1.56. The first kappa shape index (κ1) is 22.4. The zero-order valence-corrected chi connectivity index (χ0v) is 18.6. The Kier molecular flexibility index (Phi) is 6.12. The van der Waals surface area contributed by atoms with Crippen LogP contribution in [0.1, 0.15) is 27.6 Å². The number of fused-ring (bicyclic) bond motifs is 1. The van der Waals surface area contributed by atoms with Gasteiger partial charge in [-0.05, 0) is 43.3 Å². The lowest BCUT2D eigenvalue weighted by molar-refractivity contribution is -0.126. The SMILES string of the molecule is CC(C(=O)NCC(=O)Nc1ccc(-n2cncn2)cc1)N1C(=O)c2cc(Cl)c(Cl)cc2C1=O. The Morgan fingerprint density at radius 1 is 1.03 bits per heavy atom. The van der Waals surface area contributed by atoms with Gasteiger partial charge in [-0.25, -0.2) is 9.67 Å². The number of benzene rings is 2. The molecule has 168 valence electrons. The maximum absolute atomic E-state index is 12.6. The molecule has 0 saturated heterocycles. The molecule has 2 heterocycles. The number of anilines is 1. The third-order valence-electron chi connectivity index (χ3n) is 4.98. The van der Waals surface area contributed by atoms with E-state index in [2.05, 4.69) is 20.7 Å². The topological polar surface area (TPSA) is 126 Å². The molecule has 1 atom stereocenters. The van der Waals surface area contributed by atoms with Gasteiger partial charge in [-0.1, -0.05) is 23.2 Å². The smallest absolute Gasteiger partial charge is 0.262 e. The van der Waals surface area contributed by atoms with Crippen molar-refractivity contribution >= 4 is 52.5 Å². The van der Waals surface area contributed by atoms with Crippen LogP contribution in [0.5, 0.6) is 0 Å². The fourth-order valence-electron chi connectivity index (χ4n) is 3.28. The van der Waals surface area contributed by atoms with Crippen LogP contribution in [0.4, 0.5) is 5.69 Å². The fourth-order valence-corrected chi connectivity index (χ4v) is 3.61. The van der Waals surface area contributed by atoms with Gasteiger partial charge in [0.15, 0.2) is 0 Å². The quantitative estimate of drug-likeness (QED) is 0.514. The van der Waals surface area contributed by atoms with Crippen LogP contribution in [0.2, 0.25) is 10.0 Å². The second kappa shape index (κ2) is 9.00. The summed E-state index contributed by atoms with van der Waals surface area (Å²) in [7, 11) is 0. The molecule has 3 aromatic rings. The van der Waals surface area contributed by atoms with E-state index < -0.39 is 29.7 Å². The summed E-state index contributed by atoms with van der Waals surface area (Å²) in [6.07, 6.45) is 2.95. The number of nitrogens with zero attached hydrogens (tertiary/aromatic N) is 4. The molecular formula is C21H16Cl2N6O4. The minimum atomic E-state index is -1.15. The van der Waals surface area contributed by atoms with Crippen molar-refractivity contribution < 1.29 is 19.2 Å². The molecule has 10 nitrogen and oxygen atoms in total. The lowest BCUT2D eigenvalue weighted by atomic mass is 10.1. The molecule has 33 heavy (non-hydrogen) atoms. The van der Waals surface area contributed by atoms with E-state index >= 15 is 0 Å². The van der Waals surface area contributed by atoms with Crippen LogP contribution in [-0.4, -0.2) is 55.9 Å². The van der Waals surface area contributed by atoms with Gasteiger partial charge in [-0.15, -0.1) is 0 Å². The summed E-state index contributed by atoms with van der Waals surface area (Å²) in [6, 6.07) is 8.28. The van der Waals surface area contributed by atoms with Gasteiger partial charge in [-0.3, -0.25) is 24.1 Å². The predicted octanol–water partition coefficient (Wildman–Crippen LogP) is 2.31. The van der Waals surface area contributed by atoms with Gasteiger partial charge in [0.2, 0.25) is 11.8 Å². The molecule has 4 amide bonds. The molecule has 0 radical (unpaired) electrons. The van der Waals surface area contributed by atoms with Gasteiger partial charge >= 0.3 is 0 Å². The summed E-state index contributed by atoms with van der Waals surface area (Å²) in [5, 5.41) is 9.34. The second-order valence-electron chi connectivity index (χ2n) is 7.12. The van der Waals surface area contributed by atoms with Crippen molar-refractivity contribution in [3.8, 4) is 5.69 Å². The third kappa shape index (κ3) is 4.43. The van der Waals surface area contributed by atoms with E-state index in [0.717, 1.165) is 10.6 Å². The number of imide groups is 1. The molecule has 4 rings (SSSR count). The minimum absolute atomic E-state index is 0.0705. The number of rotatable bonds is 6. The molecule has 1 unspecified atom stereocenters. The van der Waals surface area contributed by atoms with Crippen molar-refractivity contribution in [2.45, 2.75) is 13.0 Å². The lowest BCUT2D eigenvalue weighted by Crippen LogP contribution is -2.49. The first-order valence-corrected chi connectivity index (χ1v) is 10.4. The first-order chi connectivity index (χ1) is 15.8. The zero-order chi connectivity index (χ0) is 23.7. The number of hydrogen-bond acceptors (Lipinski definition) is 6. The Hall–Kier alpha value is -3.76. The highest BCUT2D eigenvalue weighted by Crippen LogP contribution is 2.32. The molecule has 1 aromatic heterocycles. The molecule has 0 spiro atoms. The Balaban J connectivity index is 1.34. The molecule has 2 aromatic carbocycles. The van der Waals surface area contributed by atoms with Crippen molar-refractivity contribution in [1.29, 1.82) is 0 Å².